The molecule has 11 rings (SSSR count). The molecule has 7 nitrogen and oxygen atoms in total. The molecule has 0 aliphatic carbocycles. The lowest BCUT2D eigenvalue weighted by atomic mass is 9.88. The second kappa shape index (κ2) is 11.2. The average molecular weight is 719 g/mol. The van der Waals surface area contributed by atoms with Crippen LogP contribution in [0.2, 0.25) is 0 Å². The summed E-state index contributed by atoms with van der Waals surface area (Å²) in [7, 11) is -3.24. The molecule has 0 fully saturated rings. The van der Waals surface area contributed by atoms with E-state index in [1.54, 1.807) is 0 Å². The SMILES string of the molecule is CC(C)(C)c1ccnc(-n2c3ccccc3c3ccc(Oc4ccc5c(c4)-n4[c-][n+](-c6ccccc6)c6cccc(c64)[Si]54Oc5ccccc5O4)cc32)c1. The fourth-order valence-corrected chi connectivity index (χ4v) is 11.5. The minimum absolute atomic E-state index is 0.0143. The zero-order chi connectivity index (χ0) is 36.2. The van der Waals surface area contributed by atoms with Crippen molar-refractivity contribution in [3.05, 3.63) is 164 Å². The lowest BCUT2D eigenvalue weighted by Crippen LogP contribution is -2.68. The maximum absolute atomic E-state index is 6.97. The molecule has 54 heavy (non-hydrogen) atoms. The van der Waals surface area contributed by atoms with Crippen LogP contribution in [0, 0.1) is 6.33 Å². The first-order valence-electron chi connectivity index (χ1n) is 18.2. The highest BCUT2D eigenvalue weighted by Gasteiger charge is 2.56. The van der Waals surface area contributed by atoms with E-state index in [-0.39, 0.29) is 5.41 Å². The number of ether oxygens (including phenoxy) is 1. The van der Waals surface area contributed by atoms with E-state index in [9.17, 15) is 0 Å². The summed E-state index contributed by atoms with van der Waals surface area (Å²) in [4.78, 5) is 4.86. The van der Waals surface area contributed by atoms with Gasteiger partial charge in [-0.05, 0) is 77.7 Å². The zero-order valence-corrected chi connectivity index (χ0v) is 30.9. The smallest absolute Gasteiger partial charge is 0.503 e. The second-order valence-corrected chi connectivity index (χ2v) is 17.7. The predicted octanol–water partition coefficient (Wildman–Crippen LogP) is 8.63. The van der Waals surface area contributed by atoms with Gasteiger partial charge in [-0.1, -0.05) is 93.6 Å². The molecule has 260 valence electrons. The van der Waals surface area contributed by atoms with Gasteiger partial charge in [0, 0.05) is 33.4 Å². The number of hydrogen-bond donors (Lipinski definition) is 0. The summed E-state index contributed by atoms with van der Waals surface area (Å²) in [6.45, 7) is 6.69. The Balaban J connectivity index is 1.08. The second-order valence-electron chi connectivity index (χ2n) is 15.0. The summed E-state index contributed by atoms with van der Waals surface area (Å²) in [6, 6.07) is 50.0. The Morgan fingerprint density at radius 2 is 1.39 bits per heavy atom. The summed E-state index contributed by atoms with van der Waals surface area (Å²) < 4.78 is 27.2. The number of para-hydroxylation sites is 5. The van der Waals surface area contributed by atoms with Crippen LogP contribution in [0.5, 0.6) is 23.0 Å². The molecule has 5 heterocycles. The number of aromatic nitrogens is 4. The normalized spacial score (nSPS) is 13.9. The number of imidazole rings is 1. The van der Waals surface area contributed by atoms with Crippen molar-refractivity contribution in [3.8, 4) is 40.2 Å². The van der Waals surface area contributed by atoms with Crippen LogP contribution in [0.4, 0.5) is 0 Å². The summed E-state index contributed by atoms with van der Waals surface area (Å²) in [5, 5.41) is 4.35. The minimum atomic E-state index is -3.24. The monoisotopic (exact) mass is 718 g/mol. The molecule has 0 unspecified atom stereocenters. The molecule has 0 saturated carbocycles. The van der Waals surface area contributed by atoms with Gasteiger partial charge in [-0.2, -0.15) is 0 Å². The van der Waals surface area contributed by atoms with E-state index in [1.807, 2.05) is 60.8 Å². The molecular weight excluding hydrogens is 685 g/mol. The molecule has 2 aliphatic heterocycles. The molecule has 6 aromatic carbocycles. The number of hydrogen-bond acceptors (Lipinski definition) is 4. The summed E-state index contributed by atoms with van der Waals surface area (Å²) in [5.74, 6) is 3.83. The molecule has 0 atom stereocenters. The molecule has 0 N–H and O–H groups in total. The van der Waals surface area contributed by atoms with Gasteiger partial charge in [-0.15, -0.1) is 0 Å². The van der Waals surface area contributed by atoms with Crippen LogP contribution in [-0.4, -0.2) is 22.7 Å². The van der Waals surface area contributed by atoms with Gasteiger partial charge >= 0.3 is 8.56 Å². The van der Waals surface area contributed by atoms with Gasteiger partial charge < -0.3 is 13.6 Å². The number of nitrogens with zero attached hydrogens (tertiary/aromatic N) is 4. The van der Waals surface area contributed by atoms with E-state index in [0.29, 0.717) is 5.75 Å². The Morgan fingerprint density at radius 1 is 0.667 bits per heavy atom. The fraction of sp³-hybridized carbons (Fsp3) is 0.0870. The van der Waals surface area contributed by atoms with Crippen LogP contribution < -0.4 is 28.5 Å². The lowest BCUT2D eigenvalue weighted by Gasteiger charge is -2.31. The topological polar surface area (TPSA) is 54.3 Å². The lowest BCUT2D eigenvalue weighted by molar-refractivity contribution is -0.572. The van der Waals surface area contributed by atoms with E-state index in [4.69, 9.17) is 18.6 Å². The van der Waals surface area contributed by atoms with Crippen molar-refractivity contribution in [2.24, 2.45) is 0 Å². The van der Waals surface area contributed by atoms with Crippen LogP contribution in [0.3, 0.4) is 0 Å². The van der Waals surface area contributed by atoms with Gasteiger partial charge in [0.05, 0.1) is 33.4 Å². The third-order valence-electron chi connectivity index (χ3n) is 10.7. The summed E-state index contributed by atoms with van der Waals surface area (Å²) in [6.07, 6.45) is 5.59. The van der Waals surface area contributed by atoms with Crippen molar-refractivity contribution < 1.29 is 18.2 Å². The number of rotatable bonds is 4. The van der Waals surface area contributed by atoms with Crippen molar-refractivity contribution in [2.45, 2.75) is 26.2 Å². The number of fused-ring (bicyclic) bond motifs is 8. The number of benzene rings is 6. The molecule has 0 amide bonds. The van der Waals surface area contributed by atoms with Gasteiger partial charge in [0.1, 0.15) is 28.8 Å². The van der Waals surface area contributed by atoms with Crippen molar-refractivity contribution in [3.63, 3.8) is 0 Å². The Bertz CT molecular complexity index is 2950. The first kappa shape index (κ1) is 30.9. The van der Waals surface area contributed by atoms with Crippen LogP contribution >= 0.6 is 0 Å². The molecular formula is C46H34N4O3Si. The first-order valence-corrected chi connectivity index (χ1v) is 20.0. The molecule has 2 aliphatic rings. The van der Waals surface area contributed by atoms with E-state index in [2.05, 4.69) is 132 Å². The quantitative estimate of drug-likeness (QED) is 0.104. The molecule has 9 aromatic rings. The highest BCUT2D eigenvalue weighted by molar-refractivity contribution is 6.96. The van der Waals surface area contributed by atoms with E-state index in [1.165, 1.54) is 10.9 Å². The van der Waals surface area contributed by atoms with Crippen molar-refractivity contribution in [1.29, 1.82) is 0 Å². The Labute approximate surface area is 313 Å². The summed E-state index contributed by atoms with van der Waals surface area (Å²) >= 11 is 0. The molecule has 0 bridgehead atoms. The van der Waals surface area contributed by atoms with Gasteiger partial charge in [0.2, 0.25) is 0 Å². The Hall–Kier alpha value is -6.64. The molecule has 3 aromatic heterocycles. The average Bonchev–Trinajstić information content (AvgIpc) is 3.88. The van der Waals surface area contributed by atoms with Crippen LogP contribution in [0.1, 0.15) is 26.3 Å². The largest absolute Gasteiger partial charge is 0.523 e. The first-order chi connectivity index (χ1) is 26.4. The van der Waals surface area contributed by atoms with Gasteiger partial charge in [0.15, 0.2) is 0 Å². The molecule has 0 saturated heterocycles. The van der Waals surface area contributed by atoms with Crippen molar-refractivity contribution in [1.82, 2.24) is 14.1 Å². The van der Waals surface area contributed by atoms with E-state index >= 15 is 0 Å². The molecule has 1 spiro atoms. The molecule has 0 radical (unpaired) electrons. The third-order valence-corrected chi connectivity index (χ3v) is 14.0. The van der Waals surface area contributed by atoms with Crippen LogP contribution in [0.25, 0.3) is 50.0 Å². The van der Waals surface area contributed by atoms with Crippen molar-refractivity contribution in [2.75, 3.05) is 0 Å². The molecule has 8 heteroatoms. The number of pyridine rings is 1. The Kier molecular flexibility index (Phi) is 6.40. The minimum Gasteiger partial charge on any atom is -0.503 e. The third kappa shape index (κ3) is 4.47. The van der Waals surface area contributed by atoms with Gasteiger partial charge in [0.25, 0.3) is 6.33 Å². The van der Waals surface area contributed by atoms with Gasteiger partial charge in [-0.25, -0.2) is 4.98 Å². The summed E-state index contributed by atoms with van der Waals surface area (Å²) in [5.41, 5.74) is 7.32. The standard InChI is InChI=1S/C46H34N4O3Si/c1-46(2,3)30-24-25-47-44(26-30)50-36-15-8-7-14-34(36)35-22-20-32(27-38(35)50)51-33-21-23-42-39(28-33)49-29-48(31-12-5-4-6-13-31)37-16-11-19-43(45(37)49)54(42)52-40-17-9-10-18-41(40)53-54/h4-28H,1-3H3. The maximum Gasteiger partial charge on any atom is 0.523 e. The van der Waals surface area contributed by atoms with Crippen molar-refractivity contribution >= 4 is 51.8 Å². The zero-order valence-electron chi connectivity index (χ0n) is 29.9. The van der Waals surface area contributed by atoms with E-state index < -0.39 is 8.56 Å². The maximum atomic E-state index is 6.97. The highest BCUT2D eigenvalue weighted by Crippen LogP contribution is 2.41. The van der Waals surface area contributed by atoms with Crippen LogP contribution in [0.15, 0.2) is 152 Å². The Morgan fingerprint density at radius 3 is 2.20 bits per heavy atom. The van der Waals surface area contributed by atoms with E-state index in [0.717, 1.165) is 72.3 Å². The fourth-order valence-electron chi connectivity index (χ4n) is 8.12. The van der Waals surface area contributed by atoms with Gasteiger partial charge in [-0.3, -0.25) is 13.7 Å². The highest BCUT2D eigenvalue weighted by atomic mass is 28.4. The predicted molar refractivity (Wildman–Crippen MR) is 214 cm³/mol. The van der Waals surface area contributed by atoms with Crippen LogP contribution in [-0.2, 0) is 5.41 Å².